The summed E-state index contributed by atoms with van der Waals surface area (Å²) in [6.45, 7) is 4.95. The van der Waals surface area contributed by atoms with Gasteiger partial charge in [-0.05, 0) is 24.6 Å². The number of hydrogen-bond acceptors (Lipinski definition) is 5. The first-order chi connectivity index (χ1) is 11.7. The molecular weight excluding hydrogens is 389 g/mol. The Morgan fingerprint density at radius 1 is 1.20 bits per heavy atom. The number of nitrogens with zero attached hydrogens (tertiary/aromatic N) is 2. The van der Waals surface area contributed by atoms with Crippen LogP contribution in [-0.4, -0.2) is 70.7 Å². The number of rotatable bonds is 5. The van der Waals surface area contributed by atoms with E-state index in [2.05, 4.69) is 14.4 Å². The van der Waals surface area contributed by atoms with Crippen molar-refractivity contribution in [1.82, 2.24) is 14.5 Å². The van der Waals surface area contributed by atoms with E-state index in [1.54, 1.807) is 11.8 Å². The Morgan fingerprint density at radius 3 is 2.44 bits per heavy atom. The van der Waals surface area contributed by atoms with Crippen molar-refractivity contribution < 1.29 is 17.9 Å². The van der Waals surface area contributed by atoms with Gasteiger partial charge >= 0.3 is 6.09 Å². The monoisotopic (exact) mass is 409 g/mol. The van der Waals surface area contributed by atoms with Crippen molar-refractivity contribution in [3.8, 4) is 0 Å². The molecule has 0 atom stereocenters. The van der Waals surface area contributed by atoms with Crippen LogP contribution < -0.4 is 4.72 Å². The van der Waals surface area contributed by atoms with E-state index in [9.17, 15) is 13.2 Å². The minimum atomic E-state index is -3.71. The number of piperazine rings is 1. The molecule has 0 spiro atoms. The number of benzene rings is 1. The molecule has 140 valence electrons. The number of nitrogens with one attached hydrogen (secondary N) is 1. The molecule has 0 aliphatic carbocycles. The van der Waals surface area contributed by atoms with Crippen molar-refractivity contribution >= 4 is 39.3 Å². The van der Waals surface area contributed by atoms with Crippen LogP contribution in [0.5, 0.6) is 0 Å². The molecule has 1 aromatic carbocycles. The third kappa shape index (κ3) is 5.21. The molecule has 0 bridgehead atoms. The summed E-state index contributed by atoms with van der Waals surface area (Å²) in [5, 5.41) is 0.516. The van der Waals surface area contributed by atoms with E-state index in [0.717, 1.165) is 0 Å². The molecule has 7 nitrogen and oxygen atoms in total. The van der Waals surface area contributed by atoms with Gasteiger partial charge in [0, 0.05) is 44.3 Å². The lowest BCUT2D eigenvalue weighted by Gasteiger charge is -2.33. The largest absolute Gasteiger partial charge is 0.453 e. The molecule has 0 unspecified atom stereocenters. The second-order valence-corrected chi connectivity index (χ2v) is 8.28. The minimum Gasteiger partial charge on any atom is -0.453 e. The number of carbonyl (C=O) groups excluding carboxylic acids is 1. The molecule has 0 aromatic heterocycles. The van der Waals surface area contributed by atoms with E-state index in [4.69, 9.17) is 23.2 Å². The Morgan fingerprint density at radius 2 is 1.84 bits per heavy atom. The highest BCUT2D eigenvalue weighted by atomic mass is 35.5. The fraction of sp³-hybridized carbons (Fsp3) is 0.533. The normalized spacial score (nSPS) is 16.1. The summed E-state index contributed by atoms with van der Waals surface area (Å²) in [4.78, 5) is 15.2. The fourth-order valence-electron chi connectivity index (χ4n) is 2.54. The molecule has 10 heteroatoms. The van der Waals surface area contributed by atoms with Crippen molar-refractivity contribution in [2.75, 3.05) is 46.4 Å². The first kappa shape index (κ1) is 20.3. The average Bonchev–Trinajstić information content (AvgIpc) is 2.57. The topological polar surface area (TPSA) is 79.0 Å². The Balaban J connectivity index is 1.87. The van der Waals surface area contributed by atoms with E-state index >= 15 is 0 Å². The summed E-state index contributed by atoms with van der Waals surface area (Å²) in [7, 11) is -2.36. The summed E-state index contributed by atoms with van der Waals surface area (Å²) < 4.78 is 32.1. The molecule has 0 saturated carbocycles. The number of aryl methyl sites for hydroxylation is 1. The number of hydrogen-bond donors (Lipinski definition) is 1. The van der Waals surface area contributed by atoms with Crippen molar-refractivity contribution in [2.45, 2.75) is 11.8 Å². The molecule has 1 aliphatic rings. The highest BCUT2D eigenvalue weighted by Gasteiger charge is 2.23. The van der Waals surface area contributed by atoms with Crippen molar-refractivity contribution in [3.63, 3.8) is 0 Å². The van der Waals surface area contributed by atoms with Gasteiger partial charge in [0.05, 0.1) is 12.1 Å². The van der Waals surface area contributed by atoms with Crippen LogP contribution in [0.15, 0.2) is 17.0 Å². The highest BCUT2D eigenvalue weighted by molar-refractivity contribution is 7.89. The molecular formula is C15H21Cl2N3O4S. The summed E-state index contributed by atoms with van der Waals surface area (Å²) in [5.74, 6) is 0. The SMILES string of the molecule is COC(=O)N1CCN(CCNS(=O)(=O)c2cc(C)c(Cl)cc2Cl)CC1. The van der Waals surface area contributed by atoms with Crippen LogP contribution >= 0.6 is 23.2 Å². The minimum absolute atomic E-state index is 0.0200. The van der Waals surface area contributed by atoms with Crippen LogP contribution in [0.25, 0.3) is 0 Å². The van der Waals surface area contributed by atoms with E-state index in [0.29, 0.717) is 43.3 Å². The van der Waals surface area contributed by atoms with Gasteiger partial charge in [-0.2, -0.15) is 0 Å². The second kappa shape index (κ2) is 8.55. The Hall–Kier alpha value is -1.06. The molecule has 1 aliphatic heterocycles. The van der Waals surface area contributed by atoms with Gasteiger partial charge in [0.25, 0.3) is 0 Å². The molecule has 1 amide bonds. The van der Waals surface area contributed by atoms with E-state index in [1.165, 1.54) is 19.2 Å². The zero-order valence-corrected chi connectivity index (χ0v) is 16.4. The first-order valence-electron chi connectivity index (χ1n) is 7.75. The Labute approximate surface area is 157 Å². The zero-order valence-electron chi connectivity index (χ0n) is 14.1. The van der Waals surface area contributed by atoms with Gasteiger partial charge in [-0.1, -0.05) is 23.2 Å². The lowest BCUT2D eigenvalue weighted by molar-refractivity contribution is 0.0918. The number of carbonyl (C=O) groups is 1. The number of amides is 1. The lowest BCUT2D eigenvalue weighted by atomic mass is 10.2. The molecule has 2 rings (SSSR count). The van der Waals surface area contributed by atoms with Gasteiger partial charge in [-0.25, -0.2) is 17.9 Å². The molecule has 25 heavy (non-hydrogen) atoms. The number of halogens is 2. The van der Waals surface area contributed by atoms with Crippen LogP contribution in [0.1, 0.15) is 5.56 Å². The number of sulfonamides is 1. The number of ether oxygens (including phenoxy) is 1. The standard InChI is InChI=1S/C15H21Cl2N3O4S/c1-11-9-14(13(17)10-12(11)16)25(22,23)18-3-4-19-5-7-20(8-6-19)15(21)24-2/h9-10,18H,3-8H2,1-2H3. The third-order valence-electron chi connectivity index (χ3n) is 4.03. The first-order valence-corrected chi connectivity index (χ1v) is 9.99. The van der Waals surface area contributed by atoms with Gasteiger partial charge in [-0.3, -0.25) is 4.90 Å². The Bertz CT molecular complexity index is 735. The van der Waals surface area contributed by atoms with Gasteiger partial charge < -0.3 is 9.64 Å². The van der Waals surface area contributed by atoms with Gasteiger partial charge in [0.15, 0.2) is 0 Å². The maximum atomic E-state index is 12.4. The molecule has 1 heterocycles. The zero-order chi connectivity index (χ0) is 18.6. The molecule has 1 N–H and O–H groups in total. The van der Waals surface area contributed by atoms with Gasteiger partial charge in [0.2, 0.25) is 10.0 Å². The van der Waals surface area contributed by atoms with E-state index in [-0.39, 0.29) is 22.6 Å². The third-order valence-corrected chi connectivity index (χ3v) is 6.36. The summed E-state index contributed by atoms with van der Waals surface area (Å²) in [6, 6.07) is 2.89. The lowest BCUT2D eigenvalue weighted by Crippen LogP contribution is -2.50. The predicted octanol–water partition coefficient (Wildman–Crippen LogP) is 1.96. The van der Waals surface area contributed by atoms with Crippen molar-refractivity contribution in [2.24, 2.45) is 0 Å². The van der Waals surface area contributed by atoms with E-state index < -0.39 is 10.0 Å². The second-order valence-electron chi connectivity index (χ2n) is 5.73. The number of methoxy groups -OCH3 is 1. The maximum absolute atomic E-state index is 12.4. The van der Waals surface area contributed by atoms with Crippen LogP contribution in [0, 0.1) is 6.92 Å². The van der Waals surface area contributed by atoms with E-state index in [1.807, 2.05) is 0 Å². The van der Waals surface area contributed by atoms with Gasteiger partial charge in [0.1, 0.15) is 4.90 Å². The highest BCUT2D eigenvalue weighted by Crippen LogP contribution is 2.27. The smallest absolute Gasteiger partial charge is 0.409 e. The predicted molar refractivity (Wildman–Crippen MR) is 96.8 cm³/mol. The van der Waals surface area contributed by atoms with Gasteiger partial charge in [-0.15, -0.1) is 0 Å². The van der Waals surface area contributed by atoms with Crippen LogP contribution in [0.4, 0.5) is 4.79 Å². The summed E-state index contributed by atoms with van der Waals surface area (Å²) in [5.41, 5.74) is 0.644. The van der Waals surface area contributed by atoms with Crippen LogP contribution in [0.3, 0.4) is 0 Å². The van der Waals surface area contributed by atoms with Crippen LogP contribution in [0.2, 0.25) is 10.0 Å². The molecule has 0 radical (unpaired) electrons. The van der Waals surface area contributed by atoms with Crippen molar-refractivity contribution in [1.29, 1.82) is 0 Å². The van der Waals surface area contributed by atoms with Crippen LogP contribution in [-0.2, 0) is 14.8 Å². The molecule has 1 aromatic rings. The summed E-state index contributed by atoms with van der Waals surface area (Å²) in [6.07, 6.45) is -0.340. The molecule has 1 saturated heterocycles. The maximum Gasteiger partial charge on any atom is 0.409 e. The Kier molecular flexibility index (Phi) is 6.93. The average molecular weight is 410 g/mol. The quantitative estimate of drug-likeness (QED) is 0.803. The van der Waals surface area contributed by atoms with Crippen molar-refractivity contribution in [3.05, 3.63) is 27.7 Å². The summed E-state index contributed by atoms with van der Waals surface area (Å²) >= 11 is 12.0. The fourth-order valence-corrected chi connectivity index (χ4v) is 4.39. The molecule has 1 fully saturated rings.